The van der Waals surface area contributed by atoms with Gasteiger partial charge >= 0.3 is 0 Å². The van der Waals surface area contributed by atoms with Gasteiger partial charge in [0, 0.05) is 4.90 Å². The van der Waals surface area contributed by atoms with E-state index in [-0.39, 0.29) is 0 Å². The van der Waals surface area contributed by atoms with E-state index in [2.05, 4.69) is 55.1 Å². The molecule has 0 amide bonds. The molecular formula is C13H10S. The summed E-state index contributed by atoms with van der Waals surface area (Å²) in [4.78, 5) is 1.05. The van der Waals surface area contributed by atoms with E-state index in [1.54, 1.807) is 0 Å². The first-order chi connectivity index (χ1) is 6.84. The van der Waals surface area contributed by atoms with Crippen molar-refractivity contribution < 1.29 is 0 Å². The molecular weight excluding hydrogens is 188 g/mol. The average molecular weight is 198 g/mol. The molecule has 0 heterocycles. The van der Waals surface area contributed by atoms with Gasteiger partial charge in [0.25, 0.3) is 0 Å². The molecule has 0 saturated heterocycles. The highest BCUT2D eigenvalue weighted by Gasteiger charge is 2.16. The van der Waals surface area contributed by atoms with Crippen molar-refractivity contribution in [2.75, 3.05) is 0 Å². The number of hydrogen-bond acceptors (Lipinski definition) is 1. The van der Waals surface area contributed by atoms with E-state index >= 15 is 0 Å². The van der Waals surface area contributed by atoms with Crippen molar-refractivity contribution >= 4 is 12.6 Å². The van der Waals surface area contributed by atoms with Gasteiger partial charge in [-0.15, -0.1) is 12.6 Å². The smallest absolute Gasteiger partial charge is 0.00432 e. The predicted molar refractivity (Wildman–Crippen MR) is 61.9 cm³/mol. The lowest BCUT2D eigenvalue weighted by molar-refractivity contribution is 1.24. The molecule has 0 nitrogen and oxygen atoms in total. The average Bonchev–Trinajstić information content (AvgIpc) is 2.54. The Balaban J connectivity index is 2.27. The molecule has 3 rings (SSSR count). The third-order valence-electron chi connectivity index (χ3n) is 2.78. The summed E-state index contributed by atoms with van der Waals surface area (Å²) in [7, 11) is 0. The zero-order valence-electron chi connectivity index (χ0n) is 7.70. The maximum Gasteiger partial charge on any atom is 0.00432 e. The lowest BCUT2D eigenvalue weighted by Crippen LogP contribution is -1.79. The Morgan fingerprint density at radius 2 is 1.64 bits per heavy atom. The van der Waals surface area contributed by atoms with Gasteiger partial charge in [-0.05, 0) is 40.8 Å². The molecule has 68 valence electrons. The summed E-state index contributed by atoms with van der Waals surface area (Å²) in [6.45, 7) is 0. The van der Waals surface area contributed by atoms with Crippen LogP contribution >= 0.6 is 12.6 Å². The molecule has 2 aromatic carbocycles. The first-order valence-corrected chi connectivity index (χ1v) is 5.19. The molecule has 1 aliphatic rings. The summed E-state index contributed by atoms with van der Waals surface area (Å²) in [6.07, 6.45) is 1.06. The van der Waals surface area contributed by atoms with Crippen LogP contribution in [0.15, 0.2) is 47.4 Å². The minimum Gasteiger partial charge on any atom is -0.143 e. The van der Waals surface area contributed by atoms with Crippen LogP contribution in [0.5, 0.6) is 0 Å². The summed E-state index contributed by atoms with van der Waals surface area (Å²) < 4.78 is 0. The standard InChI is InChI=1S/C13H10S/c14-11-5-6-13-10(8-11)7-9-3-1-2-4-12(9)13/h1-6,8,14H,7H2. The molecule has 14 heavy (non-hydrogen) atoms. The second-order valence-electron chi connectivity index (χ2n) is 3.68. The molecule has 0 bridgehead atoms. The van der Waals surface area contributed by atoms with Crippen molar-refractivity contribution in [1.82, 2.24) is 0 Å². The summed E-state index contributed by atoms with van der Waals surface area (Å²) in [5, 5.41) is 0. The number of hydrogen-bond donors (Lipinski definition) is 1. The Bertz CT molecular complexity index is 500. The van der Waals surface area contributed by atoms with Crippen molar-refractivity contribution in [3.05, 3.63) is 53.6 Å². The van der Waals surface area contributed by atoms with Crippen LogP contribution in [0.3, 0.4) is 0 Å². The fourth-order valence-electron chi connectivity index (χ4n) is 2.13. The van der Waals surface area contributed by atoms with E-state index in [0.29, 0.717) is 0 Å². The molecule has 0 aromatic heterocycles. The van der Waals surface area contributed by atoms with Gasteiger partial charge in [-0.25, -0.2) is 0 Å². The molecule has 0 atom stereocenters. The Labute approximate surface area is 89.0 Å². The van der Waals surface area contributed by atoms with E-state index in [9.17, 15) is 0 Å². The number of thiol groups is 1. The molecule has 1 aliphatic carbocycles. The highest BCUT2D eigenvalue weighted by atomic mass is 32.1. The van der Waals surface area contributed by atoms with Crippen LogP contribution in [-0.4, -0.2) is 0 Å². The van der Waals surface area contributed by atoms with E-state index in [0.717, 1.165) is 11.3 Å². The third kappa shape index (κ3) is 1.09. The Morgan fingerprint density at radius 3 is 2.57 bits per heavy atom. The largest absolute Gasteiger partial charge is 0.143 e. The van der Waals surface area contributed by atoms with Gasteiger partial charge in [0.2, 0.25) is 0 Å². The van der Waals surface area contributed by atoms with Crippen LogP contribution in [0.4, 0.5) is 0 Å². The van der Waals surface area contributed by atoms with Gasteiger partial charge in [0.1, 0.15) is 0 Å². The molecule has 0 N–H and O–H groups in total. The van der Waals surface area contributed by atoms with Crippen molar-refractivity contribution in [3.8, 4) is 11.1 Å². The summed E-state index contributed by atoms with van der Waals surface area (Å²) in [5.74, 6) is 0. The summed E-state index contributed by atoms with van der Waals surface area (Å²) >= 11 is 4.36. The van der Waals surface area contributed by atoms with Gasteiger partial charge in [-0.3, -0.25) is 0 Å². The highest BCUT2D eigenvalue weighted by Crippen LogP contribution is 2.36. The van der Waals surface area contributed by atoms with E-state index in [1.807, 2.05) is 0 Å². The Kier molecular flexibility index (Phi) is 1.68. The van der Waals surface area contributed by atoms with Gasteiger partial charge in [-0.1, -0.05) is 30.3 Å². The molecule has 1 heteroatoms. The molecule has 0 aliphatic heterocycles. The lowest BCUT2D eigenvalue weighted by atomic mass is 10.1. The lowest BCUT2D eigenvalue weighted by Gasteiger charge is -2.00. The fourth-order valence-corrected chi connectivity index (χ4v) is 2.36. The Morgan fingerprint density at radius 1 is 0.857 bits per heavy atom. The van der Waals surface area contributed by atoms with E-state index in [4.69, 9.17) is 0 Å². The maximum absolute atomic E-state index is 4.36. The van der Waals surface area contributed by atoms with Crippen molar-refractivity contribution in [2.45, 2.75) is 11.3 Å². The van der Waals surface area contributed by atoms with Gasteiger partial charge in [0.15, 0.2) is 0 Å². The first-order valence-electron chi connectivity index (χ1n) is 4.75. The van der Waals surface area contributed by atoms with Crippen LogP contribution in [0, 0.1) is 0 Å². The van der Waals surface area contributed by atoms with Crippen molar-refractivity contribution in [2.24, 2.45) is 0 Å². The molecule has 0 fully saturated rings. The second-order valence-corrected chi connectivity index (χ2v) is 4.19. The maximum atomic E-state index is 4.36. The number of fused-ring (bicyclic) bond motifs is 3. The summed E-state index contributed by atoms with van der Waals surface area (Å²) in [5.41, 5.74) is 5.59. The topological polar surface area (TPSA) is 0 Å². The normalized spacial score (nSPS) is 12.4. The first kappa shape index (κ1) is 8.13. The summed E-state index contributed by atoms with van der Waals surface area (Å²) in [6, 6.07) is 15.0. The van der Waals surface area contributed by atoms with Gasteiger partial charge in [0.05, 0.1) is 0 Å². The van der Waals surface area contributed by atoms with Gasteiger partial charge in [-0.2, -0.15) is 0 Å². The molecule has 0 unspecified atom stereocenters. The second kappa shape index (κ2) is 2.89. The minimum atomic E-state index is 1.05. The van der Waals surface area contributed by atoms with Crippen LogP contribution in [0.2, 0.25) is 0 Å². The molecule has 0 spiro atoms. The van der Waals surface area contributed by atoms with Crippen molar-refractivity contribution in [3.63, 3.8) is 0 Å². The third-order valence-corrected chi connectivity index (χ3v) is 3.06. The fraction of sp³-hybridized carbons (Fsp3) is 0.0769. The monoisotopic (exact) mass is 198 g/mol. The van der Waals surface area contributed by atoms with E-state index in [1.165, 1.54) is 22.3 Å². The van der Waals surface area contributed by atoms with Gasteiger partial charge < -0.3 is 0 Å². The van der Waals surface area contributed by atoms with Crippen LogP contribution < -0.4 is 0 Å². The number of rotatable bonds is 0. The van der Waals surface area contributed by atoms with Crippen molar-refractivity contribution in [1.29, 1.82) is 0 Å². The van der Waals surface area contributed by atoms with Crippen LogP contribution in [0.1, 0.15) is 11.1 Å². The highest BCUT2D eigenvalue weighted by molar-refractivity contribution is 7.80. The molecule has 0 radical (unpaired) electrons. The quantitative estimate of drug-likeness (QED) is 0.525. The van der Waals surface area contributed by atoms with E-state index < -0.39 is 0 Å². The van der Waals surface area contributed by atoms with Crippen LogP contribution in [0.25, 0.3) is 11.1 Å². The zero-order chi connectivity index (χ0) is 9.54. The molecule has 2 aromatic rings. The number of benzene rings is 2. The van der Waals surface area contributed by atoms with Crippen LogP contribution in [-0.2, 0) is 6.42 Å². The SMILES string of the molecule is Sc1ccc2c(c1)Cc1ccccc1-2. The minimum absolute atomic E-state index is 1.05. The predicted octanol–water partition coefficient (Wildman–Crippen LogP) is 3.55. The Hall–Kier alpha value is -1.21. The molecule has 0 saturated carbocycles. The zero-order valence-corrected chi connectivity index (χ0v) is 8.59.